The Balaban J connectivity index is 2.04. The summed E-state index contributed by atoms with van der Waals surface area (Å²) in [5.41, 5.74) is 2.33. The van der Waals surface area contributed by atoms with Crippen molar-refractivity contribution >= 4 is 5.97 Å². The van der Waals surface area contributed by atoms with E-state index in [-0.39, 0.29) is 12.5 Å². The molecule has 0 aliphatic heterocycles. The maximum absolute atomic E-state index is 10.9. The molecule has 0 heterocycles. The smallest absolute Gasteiger partial charge is 0.304 e. The molecule has 1 aromatic rings. The van der Waals surface area contributed by atoms with Gasteiger partial charge in [0.15, 0.2) is 0 Å². The van der Waals surface area contributed by atoms with Crippen LogP contribution in [-0.2, 0) is 11.2 Å². The molecule has 1 fully saturated rings. The van der Waals surface area contributed by atoms with Crippen LogP contribution in [0.25, 0.3) is 0 Å². The van der Waals surface area contributed by atoms with Gasteiger partial charge in [-0.25, -0.2) is 0 Å². The highest BCUT2D eigenvalue weighted by molar-refractivity contribution is 5.67. The fourth-order valence-electron chi connectivity index (χ4n) is 2.27. The molecular weight excluding hydrogens is 242 g/mol. The van der Waals surface area contributed by atoms with Gasteiger partial charge < -0.3 is 15.2 Å². The van der Waals surface area contributed by atoms with Crippen molar-refractivity contribution in [1.29, 1.82) is 0 Å². The minimum absolute atomic E-state index is 0.0112. The predicted molar refractivity (Wildman–Crippen MR) is 73.6 cm³/mol. The van der Waals surface area contributed by atoms with E-state index in [0.717, 1.165) is 30.6 Å². The van der Waals surface area contributed by atoms with Crippen LogP contribution in [0, 0.1) is 6.92 Å². The summed E-state index contributed by atoms with van der Waals surface area (Å²) in [6.45, 7) is 2.03. The molecule has 1 saturated carbocycles. The van der Waals surface area contributed by atoms with Crippen molar-refractivity contribution in [2.45, 2.75) is 44.7 Å². The zero-order chi connectivity index (χ0) is 13.8. The first-order valence-corrected chi connectivity index (χ1v) is 6.70. The molecule has 0 bridgehead atoms. The standard InChI is InChI=1S/C15H21NO3/c1-10-7-14(19-2)6-3-11(10)8-13(9-15(17)18)16-12-4-5-12/h3,6-7,12-13,16H,4-5,8-9H2,1-2H3,(H,17,18). The molecule has 0 aromatic heterocycles. The number of ether oxygens (including phenoxy) is 1. The lowest BCUT2D eigenvalue weighted by molar-refractivity contribution is -0.137. The highest BCUT2D eigenvalue weighted by Crippen LogP contribution is 2.23. The van der Waals surface area contributed by atoms with Crippen LogP contribution in [0.3, 0.4) is 0 Å². The SMILES string of the molecule is COc1ccc(CC(CC(=O)O)NC2CC2)c(C)c1. The second-order valence-corrected chi connectivity index (χ2v) is 5.23. The van der Waals surface area contributed by atoms with Crippen molar-refractivity contribution in [2.24, 2.45) is 0 Å². The molecule has 1 aromatic carbocycles. The van der Waals surface area contributed by atoms with Crippen LogP contribution >= 0.6 is 0 Å². The number of nitrogens with one attached hydrogen (secondary N) is 1. The minimum atomic E-state index is -0.746. The molecule has 4 heteroatoms. The van der Waals surface area contributed by atoms with E-state index >= 15 is 0 Å². The van der Waals surface area contributed by atoms with E-state index in [1.807, 2.05) is 25.1 Å². The van der Waals surface area contributed by atoms with E-state index in [1.165, 1.54) is 5.56 Å². The van der Waals surface area contributed by atoms with Crippen LogP contribution in [0.15, 0.2) is 18.2 Å². The first-order valence-electron chi connectivity index (χ1n) is 6.70. The second-order valence-electron chi connectivity index (χ2n) is 5.23. The summed E-state index contributed by atoms with van der Waals surface area (Å²) in [5, 5.41) is 12.4. The van der Waals surface area contributed by atoms with Gasteiger partial charge in [0.1, 0.15) is 5.75 Å². The summed E-state index contributed by atoms with van der Waals surface area (Å²) >= 11 is 0. The van der Waals surface area contributed by atoms with Crippen molar-refractivity contribution in [3.63, 3.8) is 0 Å². The molecule has 0 saturated heterocycles. The zero-order valence-corrected chi connectivity index (χ0v) is 11.5. The third-order valence-electron chi connectivity index (χ3n) is 3.49. The van der Waals surface area contributed by atoms with Gasteiger partial charge in [0.25, 0.3) is 0 Å². The van der Waals surface area contributed by atoms with Crippen LogP contribution in [0.2, 0.25) is 0 Å². The fourth-order valence-corrected chi connectivity index (χ4v) is 2.27. The van der Waals surface area contributed by atoms with Gasteiger partial charge >= 0.3 is 5.97 Å². The molecule has 0 spiro atoms. The number of benzene rings is 1. The monoisotopic (exact) mass is 263 g/mol. The van der Waals surface area contributed by atoms with Crippen molar-refractivity contribution in [3.05, 3.63) is 29.3 Å². The second kappa shape index (κ2) is 6.06. The van der Waals surface area contributed by atoms with Gasteiger partial charge in [-0.1, -0.05) is 6.07 Å². The predicted octanol–water partition coefficient (Wildman–Crippen LogP) is 2.14. The summed E-state index contributed by atoms with van der Waals surface area (Å²) < 4.78 is 5.18. The van der Waals surface area contributed by atoms with Gasteiger partial charge in [-0.2, -0.15) is 0 Å². The molecule has 4 nitrogen and oxygen atoms in total. The van der Waals surface area contributed by atoms with Crippen LogP contribution < -0.4 is 10.1 Å². The number of methoxy groups -OCH3 is 1. The third kappa shape index (κ3) is 4.24. The Morgan fingerprint density at radius 3 is 2.79 bits per heavy atom. The quantitative estimate of drug-likeness (QED) is 0.791. The number of hydrogen-bond donors (Lipinski definition) is 2. The van der Waals surface area contributed by atoms with Gasteiger partial charge in [0, 0.05) is 12.1 Å². The molecule has 1 aliphatic rings. The van der Waals surface area contributed by atoms with E-state index in [4.69, 9.17) is 9.84 Å². The average molecular weight is 263 g/mol. The highest BCUT2D eigenvalue weighted by atomic mass is 16.5. The van der Waals surface area contributed by atoms with Gasteiger partial charge in [-0.15, -0.1) is 0 Å². The van der Waals surface area contributed by atoms with E-state index in [0.29, 0.717) is 6.04 Å². The number of rotatable bonds is 7. The zero-order valence-electron chi connectivity index (χ0n) is 11.5. The highest BCUT2D eigenvalue weighted by Gasteiger charge is 2.26. The van der Waals surface area contributed by atoms with Crippen molar-refractivity contribution in [2.75, 3.05) is 7.11 Å². The maximum Gasteiger partial charge on any atom is 0.304 e. The topological polar surface area (TPSA) is 58.6 Å². The molecule has 19 heavy (non-hydrogen) atoms. The number of carboxylic acids is 1. The fraction of sp³-hybridized carbons (Fsp3) is 0.533. The average Bonchev–Trinajstić information content (AvgIpc) is 3.14. The normalized spacial score (nSPS) is 16.1. The van der Waals surface area contributed by atoms with Crippen molar-refractivity contribution in [1.82, 2.24) is 5.32 Å². The summed E-state index contributed by atoms with van der Waals surface area (Å²) in [7, 11) is 1.65. The molecule has 2 N–H and O–H groups in total. The molecular formula is C15H21NO3. The molecule has 2 rings (SSSR count). The van der Waals surface area contributed by atoms with Gasteiger partial charge in [0.2, 0.25) is 0 Å². The Bertz CT molecular complexity index is 455. The van der Waals surface area contributed by atoms with Crippen LogP contribution in [-0.4, -0.2) is 30.3 Å². The summed E-state index contributed by atoms with van der Waals surface area (Å²) in [6.07, 6.45) is 3.25. The lowest BCUT2D eigenvalue weighted by Gasteiger charge is -2.18. The van der Waals surface area contributed by atoms with E-state index in [1.54, 1.807) is 7.11 Å². The Kier molecular flexibility index (Phi) is 4.43. The summed E-state index contributed by atoms with van der Waals surface area (Å²) in [6, 6.07) is 6.47. The van der Waals surface area contributed by atoms with Crippen LogP contribution in [0.5, 0.6) is 5.75 Å². The van der Waals surface area contributed by atoms with E-state index in [9.17, 15) is 4.79 Å². The van der Waals surface area contributed by atoms with Crippen LogP contribution in [0.4, 0.5) is 0 Å². The molecule has 104 valence electrons. The van der Waals surface area contributed by atoms with Gasteiger partial charge in [0.05, 0.1) is 13.5 Å². The molecule has 1 unspecified atom stereocenters. The Hall–Kier alpha value is -1.55. The molecule has 1 atom stereocenters. The largest absolute Gasteiger partial charge is 0.497 e. The Morgan fingerprint density at radius 1 is 1.53 bits per heavy atom. The first kappa shape index (κ1) is 13.9. The number of hydrogen-bond acceptors (Lipinski definition) is 3. The summed E-state index contributed by atoms with van der Waals surface area (Å²) in [5.74, 6) is 0.0931. The molecule has 0 amide bonds. The first-order chi connectivity index (χ1) is 9.08. The lowest BCUT2D eigenvalue weighted by Crippen LogP contribution is -2.35. The number of aryl methyl sites for hydroxylation is 1. The van der Waals surface area contributed by atoms with E-state index < -0.39 is 5.97 Å². The Morgan fingerprint density at radius 2 is 2.26 bits per heavy atom. The summed E-state index contributed by atoms with van der Waals surface area (Å²) in [4.78, 5) is 10.9. The number of carbonyl (C=O) groups is 1. The van der Waals surface area contributed by atoms with Crippen molar-refractivity contribution in [3.8, 4) is 5.75 Å². The maximum atomic E-state index is 10.9. The van der Waals surface area contributed by atoms with Crippen LogP contribution in [0.1, 0.15) is 30.4 Å². The molecule has 1 aliphatic carbocycles. The number of aliphatic carboxylic acids is 1. The Labute approximate surface area is 113 Å². The lowest BCUT2D eigenvalue weighted by atomic mass is 9.99. The van der Waals surface area contributed by atoms with Gasteiger partial charge in [-0.3, -0.25) is 4.79 Å². The molecule has 0 radical (unpaired) electrons. The van der Waals surface area contributed by atoms with Crippen molar-refractivity contribution < 1.29 is 14.6 Å². The van der Waals surface area contributed by atoms with E-state index in [2.05, 4.69) is 5.32 Å². The van der Waals surface area contributed by atoms with Gasteiger partial charge in [-0.05, 0) is 49.4 Å². The number of carboxylic acid groups (broad SMARTS) is 1. The third-order valence-corrected chi connectivity index (χ3v) is 3.49. The minimum Gasteiger partial charge on any atom is -0.497 e.